The predicted octanol–water partition coefficient (Wildman–Crippen LogP) is 1.36. The zero-order valence-electron chi connectivity index (χ0n) is 10.2. The fraction of sp³-hybridized carbons (Fsp3) is 0.455. The third-order valence-electron chi connectivity index (χ3n) is 2.20. The van der Waals surface area contributed by atoms with Crippen LogP contribution < -0.4 is 5.73 Å². The number of carbonyl (C=O) groups excluding carboxylic acids is 1. The molecule has 0 spiro atoms. The molecular weight excluding hydrogens is 265 g/mol. The van der Waals surface area contributed by atoms with Crippen LogP contribution in [0.1, 0.15) is 21.7 Å². The first-order chi connectivity index (χ1) is 8.86. The summed E-state index contributed by atoms with van der Waals surface area (Å²) in [5, 5.41) is 0. The van der Waals surface area contributed by atoms with Crippen LogP contribution in [0.25, 0.3) is 0 Å². The number of nitrogens with zero attached hydrogens (tertiary/aromatic N) is 1. The van der Waals surface area contributed by atoms with Gasteiger partial charge in [-0.1, -0.05) is 0 Å². The second-order valence-electron chi connectivity index (χ2n) is 3.60. The number of pyridine rings is 1. The van der Waals surface area contributed by atoms with E-state index >= 15 is 0 Å². The average Bonchev–Trinajstić information content (AvgIpc) is 2.33. The lowest BCUT2D eigenvalue weighted by molar-refractivity contribution is -0.141. The van der Waals surface area contributed by atoms with E-state index < -0.39 is 17.8 Å². The van der Waals surface area contributed by atoms with Crippen molar-refractivity contribution in [2.24, 2.45) is 5.73 Å². The molecule has 0 aliphatic heterocycles. The van der Waals surface area contributed by atoms with Gasteiger partial charge in [0.05, 0.1) is 31.1 Å². The van der Waals surface area contributed by atoms with E-state index in [1.807, 2.05) is 0 Å². The largest absolute Gasteiger partial charge is 0.433 e. The summed E-state index contributed by atoms with van der Waals surface area (Å²) in [6.45, 7) is 0.211. The van der Waals surface area contributed by atoms with Gasteiger partial charge in [-0.15, -0.1) is 0 Å². The van der Waals surface area contributed by atoms with Gasteiger partial charge in [-0.3, -0.25) is 4.79 Å². The molecule has 106 valence electrons. The molecule has 0 aromatic carbocycles. The van der Waals surface area contributed by atoms with Crippen LogP contribution in [0.3, 0.4) is 0 Å². The second-order valence-corrected chi connectivity index (χ2v) is 3.60. The lowest BCUT2D eigenvalue weighted by atomic mass is 10.1. The van der Waals surface area contributed by atoms with E-state index in [2.05, 4.69) is 4.98 Å². The van der Waals surface area contributed by atoms with Gasteiger partial charge < -0.3 is 15.2 Å². The maximum Gasteiger partial charge on any atom is 0.433 e. The van der Waals surface area contributed by atoms with Crippen molar-refractivity contribution in [3.63, 3.8) is 0 Å². The molecule has 0 saturated carbocycles. The number of amides is 1. The summed E-state index contributed by atoms with van der Waals surface area (Å²) in [7, 11) is 1.46. The summed E-state index contributed by atoms with van der Waals surface area (Å²) in [5.74, 6) is -0.855. The zero-order valence-corrected chi connectivity index (χ0v) is 10.2. The highest BCUT2D eigenvalue weighted by atomic mass is 19.4. The lowest BCUT2D eigenvalue weighted by Crippen LogP contribution is -2.18. The fourth-order valence-corrected chi connectivity index (χ4v) is 1.30. The van der Waals surface area contributed by atoms with Gasteiger partial charge in [0.2, 0.25) is 0 Å². The van der Waals surface area contributed by atoms with Crippen LogP contribution in [-0.4, -0.2) is 31.2 Å². The number of methoxy groups -OCH3 is 1. The minimum absolute atomic E-state index is 0.0922. The van der Waals surface area contributed by atoms with E-state index in [0.717, 1.165) is 6.07 Å². The van der Waals surface area contributed by atoms with Gasteiger partial charge >= 0.3 is 6.18 Å². The summed E-state index contributed by atoms with van der Waals surface area (Å²) in [6.07, 6.45) is -4.59. The van der Waals surface area contributed by atoms with Gasteiger partial charge in [0, 0.05) is 7.11 Å². The van der Waals surface area contributed by atoms with Crippen LogP contribution >= 0.6 is 0 Å². The van der Waals surface area contributed by atoms with Gasteiger partial charge in [0.1, 0.15) is 5.69 Å². The van der Waals surface area contributed by atoms with Gasteiger partial charge in [-0.05, 0) is 12.1 Å². The summed E-state index contributed by atoms with van der Waals surface area (Å²) in [4.78, 5) is 14.5. The van der Waals surface area contributed by atoms with E-state index in [0.29, 0.717) is 6.07 Å². The molecule has 0 unspecified atom stereocenters. The Morgan fingerprint density at radius 2 is 2.05 bits per heavy atom. The molecular formula is C11H13F3N2O3. The fourth-order valence-electron chi connectivity index (χ4n) is 1.30. The number of hydrogen-bond acceptors (Lipinski definition) is 4. The summed E-state index contributed by atoms with van der Waals surface area (Å²) >= 11 is 0. The highest BCUT2D eigenvalue weighted by molar-refractivity contribution is 5.93. The third kappa shape index (κ3) is 4.49. The number of hydrogen-bond donors (Lipinski definition) is 1. The van der Waals surface area contributed by atoms with Crippen molar-refractivity contribution in [3.8, 4) is 0 Å². The minimum atomic E-state index is -4.59. The second kappa shape index (κ2) is 6.48. The van der Waals surface area contributed by atoms with Crippen LogP contribution in [0.4, 0.5) is 13.2 Å². The summed E-state index contributed by atoms with van der Waals surface area (Å²) in [5.41, 5.74) is 3.74. The van der Waals surface area contributed by atoms with E-state index in [9.17, 15) is 18.0 Å². The van der Waals surface area contributed by atoms with Crippen molar-refractivity contribution in [2.45, 2.75) is 12.8 Å². The van der Waals surface area contributed by atoms with Gasteiger partial charge in [0.15, 0.2) is 0 Å². The van der Waals surface area contributed by atoms with Crippen molar-refractivity contribution in [1.29, 1.82) is 0 Å². The van der Waals surface area contributed by atoms with Crippen molar-refractivity contribution < 1.29 is 27.4 Å². The average molecular weight is 278 g/mol. The Bertz CT molecular complexity index is 449. The van der Waals surface area contributed by atoms with E-state index in [1.165, 1.54) is 7.11 Å². The molecule has 0 aliphatic carbocycles. The third-order valence-corrected chi connectivity index (χ3v) is 2.20. The highest BCUT2D eigenvalue weighted by Crippen LogP contribution is 2.28. The molecule has 19 heavy (non-hydrogen) atoms. The number of carbonyl (C=O) groups is 1. The standard InChI is InChI=1S/C11H13F3N2O3/c1-18-4-5-19-6-8-7(10(15)17)2-3-9(16-8)11(12,13)14/h2-3H,4-6H2,1H3,(H2,15,17). The van der Waals surface area contributed by atoms with E-state index in [-0.39, 0.29) is 31.1 Å². The SMILES string of the molecule is COCCOCc1nc(C(F)(F)F)ccc1C(N)=O. The van der Waals surface area contributed by atoms with Crippen molar-refractivity contribution in [2.75, 3.05) is 20.3 Å². The first-order valence-corrected chi connectivity index (χ1v) is 5.30. The summed E-state index contributed by atoms with van der Waals surface area (Å²) in [6, 6.07) is 1.70. The maximum atomic E-state index is 12.5. The molecule has 1 amide bonds. The van der Waals surface area contributed by atoms with Crippen LogP contribution in [0.15, 0.2) is 12.1 Å². The zero-order chi connectivity index (χ0) is 14.5. The molecule has 1 heterocycles. The normalized spacial score (nSPS) is 11.6. The van der Waals surface area contributed by atoms with E-state index in [1.54, 1.807) is 0 Å². The molecule has 0 saturated heterocycles. The molecule has 0 aliphatic rings. The van der Waals surface area contributed by atoms with Crippen LogP contribution in [0.5, 0.6) is 0 Å². The molecule has 8 heteroatoms. The Balaban J connectivity index is 2.93. The predicted molar refractivity (Wildman–Crippen MR) is 59.3 cm³/mol. The number of primary amides is 1. The molecule has 1 rings (SSSR count). The number of alkyl halides is 3. The monoisotopic (exact) mass is 278 g/mol. The maximum absolute atomic E-state index is 12.5. The Morgan fingerprint density at radius 1 is 1.37 bits per heavy atom. The van der Waals surface area contributed by atoms with E-state index in [4.69, 9.17) is 15.2 Å². The summed E-state index contributed by atoms with van der Waals surface area (Å²) < 4.78 is 47.3. The molecule has 0 bridgehead atoms. The smallest absolute Gasteiger partial charge is 0.382 e. The molecule has 0 fully saturated rings. The quantitative estimate of drug-likeness (QED) is 0.797. The van der Waals surface area contributed by atoms with Gasteiger partial charge in [0.25, 0.3) is 5.91 Å². The molecule has 0 atom stereocenters. The van der Waals surface area contributed by atoms with Crippen molar-refractivity contribution in [1.82, 2.24) is 4.98 Å². The number of aromatic nitrogens is 1. The molecule has 0 radical (unpaired) electrons. The first kappa shape index (κ1) is 15.4. The highest BCUT2D eigenvalue weighted by Gasteiger charge is 2.33. The Kier molecular flexibility index (Phi) is 5.25. The molecule has 1 aromatic rings. The first-order valence-electron chi connectivity index (χ1n) is 5.30. The van der Waals surface area contributed by atoms with Gasteiger partial charge in [-0.25, -0.2) is 4.98 Å². The van der Waals surface area contributed by atoms with Crippen LogP contribution in [-0.2, 0) is 22.3 Å². The lowest BCUT2D eigenvalue weighted by Gasteiger charge is -2.11. The molecule has 5 nitrogen and oxygen atoms in total. The van der Waals surface area contributed by atoms with Crippen LogP contribution in [0, 0.1) is 0 Å². The van der Waals surface area contributed by atoms with Crippen molar-refractivity contribution >= 4 is 5.91 Å². The number of ether oxygens (including phenoxy) is 2. The number of rotatable bonds is 6. The topological polar surface area (TPSA) is 74.4 Å². The van der Waals surface area contributed by atoms with Crippen LogP contribution in [0.2, 0.25) is 0 Å². The van der Waals surface area contributed by atoms with Crippen molar-refractivity contribution in [3.05, 3.63) is 29.1 Å². The number of halogens is 3. The molecule has 2 N–H and O–H groups in total. The minimum Gasteiger partial charge on any atom is -0.382 e. The van der Waals surface area contributed by atoms with Gasteiger partial charge in [-0.2, -0.15) is 13.2 Å². The molecule has 1 aromatic heterocycles. The Morgan fingerprint density at radius 3 is 2.58 bits per heavy atom. The Labute approximate surface area is 107 Å². The number of nitrogens with two attached hydrogens (primary N) is 1. The Hall–Kier alpha value is -1.67.